The van der Waals surface area contributed by atoms with E-state index in [1.807, 2.05) is 7.11 Å². The van der Waals surface area contributed by atoms with Gasteiger partial charge in [0.05, 0.1) is 6.61 Å². The van der Waals surface area contributed by atoms with Gasteiger partial charge in [0, 0.05) is 32.7 Å². The molecule has 0 amide bonds. The van der Waals surface area contributed by atoms with E-state index in [2.05, 4.69) is 12.2 Å². The van der Waals surface area contributed by atoms with Crippen molar-refractivity contribution in [2.24, 2.45) is 5.92 Å². The zero-order chi connectivity index (χ0) is 12.1. The first-order valence-electron chi connectivity index (χ1n) is 7.12. The van der Waals surface area contributed by atoms with E-state index in [4.69, 9.17) is 9.47 Å². The second kappa shape index (κ2) is 6.17. The highest BCUT2D eigenvalue weighted by atomic mass is 16.5. The Morgan fingerprint density at radius 2 is 2.12 bits per heavy atom. The van der Waals surface area contributed by atoms with Crippen molar-refractivity contribution in [2.75, 3.05) is 26.9 Å². The lowest BCUT2D eigenvalue weighted by Crippen LogP contribution is -2.47. The first-order valence-corrected chi connectivity index (χ1v) is 7.12. The summed E-state index contributed by atoms with van der Waals surface area (Å²) in [7, 11) is 1.81. The first kappa shape index (κ1) is 13.3. The Hall–Kier alpha value is -0.120. The molecule has 3 nitrogen and oxygen atoms in total. The van der Waals surface area contributed by atoms with E-state index in [0.29, 0.717) is 6.04 Å². The van der Waals surface area contributed by atoms with Crippen LogP contribution in [0.5, 0.6) is 0 Å². The summed E-state index contributed by atoms with van der Waals surface area (Å²) in [5.41, 5.74) is -0.0665. The average Bonchev–Trinajstić information content (AvgIpc) is 2.86. The average molecular weight is 241 g/mol. The van der Waals surface area contributed by atoms with Crippen LogP contribution in [0.25, 0.3) is 0 Å². The van der Waals surface area contributed by atoms with Crippen LogP contribution in [0, 0.1) is 5.92 Å². The maximum atomic E-state index is 5.65. The molecule has 0 aromatic carbocycles. The highest BCUT2D eigenvalue weighted by Gasteiger charge is 2.35. The second-order valence-electron chi connectivity index (χ2n) is 5.76. The number of methoxy groups -OCH3 is 1. The monoisotopic (exact) mass is 241 g/mol. The van der Waals surface area contributed by atoms with Crippen molar-refractivity contribution < 1.29 is 9.47 Å². The van der Waals surface area contributed by atoms with Crippen molar-refractivity contribution in [2.45, 2.75) is 57.1 Å². The Morgan fingerprint density at radius 3 is 2.71 bits per heavy atom. The third kappa shape index (κ3) is 3.43. The van der Waals surface area contributed by atoms with Crippen LogP contribution in [0.3, 0.4) is 0 Å². The first-order chi connectivity index (χ1) is 8.26. The van der Waals surface area contributed by atoms with Crippen LogP contribution in [0.4, 0.5) is 0 Å². The summed E-state index contributed by atoms with van der Waals surface area (Å²) in [5, 5.41) is 3.68. The molecule has 1 saturated carbocycles. The van der Waals surface area contributed by atoms with Crippen molar-refractivity contribution in [3.8, 4) is 0 Å². The van der Waals surface area contributed by atoms with E-state index in [1.54, 1.807) is 0 Å². The van der Waals surface area contributed by atoms with Gasteiger partial charge in [0.15, 0.2) is 0 Å². The molecule has 2 unspecified atom stereocenters. The third-order valence-electron chi connectivity index (χ3n) is 4.60. The van der Waals surface area contributed by atoms with Crippen molar-refractivity contribution in [1.29, 1.82) is 0 Å². The van der Waals surface area contributed by atoms with Gasteiger partial charge in [-0.2, -0.15) is 0 Å². The highest BCUT2D eigenvalue weighted by molar-refractivity contribution is 4.89. The molecule has 0 spiro atoms. The molecular weight excluding hydrogens is 214 g/mol. The van der Waals surface area contributed by atoms with Crippen LogP contribution in [-0.4, -0.2) is 38.5 Å². The number of rotatable bonds is 5. The van der Waals surface area contributed by atoms with Gasteiger partial charge < -0.3 is 14.8 Å². The van der Waals surface area contributed by atoms with E-state index in [1.165, 1.54) is 32.1 Å². The molecule has 0 aromatic rings. The molecule has 17 heavy (non-hydrogen) atoms. The Kier molecular flexibility index (Phi) is 4.83. The van der Waals surface area contributed by atoms with Gasteiger partial charge in [-0.05, 0) is 25.7 Å². The SMILES string of the molecule is COC1(CNC(C)C2CCCCC2)CCOC1. The Labute approximate surface area is 105 Å². The molecule has 0 aromatic heterocycles. The lowest BCUT2D eigenvalue weighted by molar-refractivity contribution is -0.0186. The molecule has 1 saturated heterocycles. The molecule has 1 aliphatic heterocycles. The van der Waals surface area contributed by atoms with Gasteiger partial charge in [0.2, 0.25) is 0 Å². The topological polar surface area (TPSA) is 30.5 Å². The van der Waals surface area contributed by atoms with Crippen molar-refractivity contribution in [3.05, 3.63) is 0 Å². The van der Waals surface area contributed by atoms with Gasteiger partial charge in [-0.3, -0.25) is 0 Å². The number of ether oxygens (including phenoxy) is 2. The molecule has 0 bridgehead atoms. The molecule has 2 aliphatic rings. The van der Waals surface area contributed by atoms with Crippen molar-refractivity contribution in [3.63, 3.8) is 0 Å². The van der Waals surface area contributed by atoms with Gasteiger partial charge in [-0.25, -0.2) is 0 Å². The predicted molar refractivity (Wildman–Crippen MR) is 69.2 cm³/mol. The molecule has 2 atom stereocenters. The van der Waals surface area contributed by atoms with E-state index >= 15 is 0 Å². The predicted octanol–water partition coefficient (Wildman–Crippen LogP) is 2.35. The van der Waals surface area contributed by atoms with Gasteiger partial charge >= 0.3 is 0 Å². The van der Waals surface area contributed by atoms with Crippen LogP contribution in [-0.2, 0) is 9.47 Å². The summed E-state index contributed by atoms with van der Waals surface area (Å²) >= 11 is 0. The number of hydrogen-bond donors (Lipinski definition) is 1. The van der Waals surface area contributed by atoms with Gasteiger partial charge in [-0.1, -0.05) is 19.3 Å². The minimum absolute atomic E-state index is 0.0665. The minimum atomic E-state index is -0.0665. The van der Waals surface area contributed by atoms with E-state index in [-0.39, 0.29) is 5.60 Å². The van der Waals surface area contributed by atoms with Gasteiger partial charge in [-0.15, -0.1) is 0 Å². The minimum Gasteiger partial charge on any atom is -0.378 e. The molecule has 2 fully saturated rings. The lowest BCUT2D eigenvalue weighted by Gasteiger charge is -2.32. The Morgan fingerprint density at radius 1 is 1.35 bits per heavy atom. The van der Waals surface area contributed by atoms with Crippen molar-refractivity contribution in [1.82, 2.24) is 5.32 Å². The van der Waals surface area contributed by atoms with Crippen molar-refractivity contribution >= 4 is 0 Å². The third-order valence-corrected chi connectivity index (χ3v) is 4.60. The lowest BCUT2D eigenvalue weighted by atomic mass is 9.84. The summed E-state index contributed by atoms with van der Waals surface area (Å²) in [5.74, 6) is 0.861. The van der Waals surface area contributed by atoms with Crippen LogP contribution in [0.2, 0.25) is 0 Å². The molecule has 1 heterocycles. The maximum absolute atomic E-state index is 5.65. The zero-order valence-corrected chi connectivity index (χ0v) is 11.3. The molecule has 3 heteroatoms. The van der Waals surface area contributed by atoms with Crippen LogP contribution in [0.15, 0.2) is 0 Å². The highest BCUT2D eigenvalue weighted by Crippen LogP contribution is 2.27. The van der Waals surface area contributed by atoms with E-state index in [9.17, 15) is 0 Å². The van der Waals surface area contributed by atoms with E-state index < -0.39 is 0 Å². The molecular formula is C14H27NO2. The van der Waals surface area contributed by atoms with Gasteiger partial charge in [0.25, 0.3) is 0 Å². The largest absolute Gasteiger partial charge is 0.378 e. The number of hydrogen-bond acceptors (Lipinski definition) is 3. The molecule has 0 radical (unpaired) electrons. The number of nitrogens with one attached hydrogen (secondary N) is 1. The molecule has 100 valence electrons. The molecule has 2 rings (SSSR count). The fourth-order valence-corrected chi connectivity index (χ4v) is 3.11. The summed E-state index contributed by atoms with van der Waals surface area (Å²) in [6.45, 7) is 4.84. The Bertz CT molecular complexity index is 220. The zero-order valence-electron chi connectivity index (χ0n) is 11.3. The fraction of sp³-hybridized carbons (Fsp3) is 1.00. The van der Waals surface area contributed by atoms with E-state index in [0.717, 1.165) is 32.1 Å². The second-order valence-corrected chi connectivity index (χ2v) is 5.76. The van der Waals surface area contributed by atoms with Gasteiger partial charge in [0.1, 0.15) is 5.60 Å². The summed E-state index contributed by atoms with van der Waals surface area (Å²) in [6.07, 6.45) is 8.06. The summed E-state index contributed by atoms with van der Waals surface area (Å²) in [4.78, 5) is 0. The normalized spacial score (nSPS) is 32.8. The summed E-state index contributed by atoms with van der Waals surface area (Å²) in [6, 6.07) is 0.614. The van der Waals surface area contributed by atoms with Crippen LogP contribution in [0.1, 0.15) is 45.4 Å². The maximum Gasteiger partial charge on any atom is 0.106 e. The standard InChI is InChI=1S/C14H27NO2/c1-12(13-6-4-3-5-7-13)15-10-14(16-2)8-9-17-11-14/h12-13,15H,3-11H2,1-2H3. The smallest absolute Gasteiger partial charge is 0.106 e. The quantitative estimate of drug-likeness (QED) is 0.801. The summed E-state index contributed by atoms with van der Waals surface area (Å²) < 4.78 is 11.1. The van der Waals surface area contributed by atoms with Crippen LogP contribution >= 0.6 is 0 Å². The van der Waals surface area contributed by atoms with Crippen LogP contribution < -0.4 is 5.32 Å². The Balaban J connectivity index is 1.76. The molecule has 1 N–H and O–H groups in total. The fourth-order valence-electron chi connectivity index (χ4n) is 3.11. The molecule has 1 aliphatic carbocycles.